The van der Waals surface area contributed by atoms with E-state index >= 15 is 0 Å². The van der Waals surface area contributed by atoms with E-state index in [1.807, 2.05) is 27.7 Å². The molecule has 0 spiro atoms. The van der Waals surface area contributed by atoms with Crippen molar-refractivity contribution in [1.29, 1.82) is 0 Å². The van der Waals surface area contributed by atoms with Crippen LogP contribution in [-0.4, -0.2) is 41.2 Å². The van der Waals surface area contributed by atoms with Crippen molar-refractivity contribution in [2.45, 2.75) is 40.2 Å². The van der Waals surface area contributed by atoms with Crippen LogP contribution < -0.4 is 0 Å². The van der Waals surface area contributed by atoms with Crippen LogP contribution in [0.5, 0.6) is 0 Å². The fraction of sp³-hybridized carbons (Fsp3) is 0.917. The lowest BCUT2D eigenvalue weighted by atomic mass is 10.1. The highest BCUT2D eigenvalue weighted by Crippen LogP contribution is 2.21. The van der Waals surface area contributed by atoms with E-state index in [1.165, 1.54) is 0 Å². The molecular weight excluding hydrogens is 250 g/mol. The van der Waals surface area contributed by atoms with Crippen LogP contribution in [0.2, 0.25) is 6.04 Å². The van der Waals surface area contributed by atoms with Crippen molar-refractivity contribution in [3.8, 4) is 0 Å². The summed E-state index contributed by atoms with van der Waals surface area (Å²) in [6.45, 7) is 10.1. The minimum Gasteiger partial charge on any atom is -0.374 e. The van der Waals surface area contributed by atoms with Gasteiger partial charge in [0.05, 0.1) is 6.54 Å². The molecule has 0 aliphatic rings. The predicted octanol–water partition coefficient (Wildman–Crippen LogP) is 2.40. The molecule has 1 atom stereocenters. The maximum absolute atomic E-state index is 10.1. The molecule has 0 amide bonds. The summed E-state index contributed by atoms with van der Waals surface area (Å²) in [6, 6.07) is 0.762. The minimum absolute atomic E-state index is 0.305. The van der Waals surface area contributed by atoms with Crippen molar-refractivity contribution in [1.82, 2.24) is 0 Å². The lowest BCUT2D eigenvalue weighted by molar-refractivity contribution is 0.0698. The van der Waals surface area contributed by atoms with Crippen LogP contribution >= 0.6 is 0 Å². The molecule has 0 aromatic rings. The highest BCUT2D eigenvalue weighted by molar-refractivity contribution is 6.60. The molecule has 0 aromatic carbocycles. The Morgan fingerprint density at radius 1 is 1.11 bits per heavy atom. The summed E-state index contributed by atoms with van der Waals surface area (Å²) < 4.78 is 17.3. The molecule has 0 N–H and O–H groups in total. The van der Waals surface area contributed by atoms with Crippen LogP contribution in [0, 0.1) is 5.92 Å². The van der Waals surface area contributed by atoms with Gasteiger partial charge in [-0.25, -0.2) is 9.79 Å². The van der Waals surface area contributed by atoms with Crippen LogP contribution in [0.3, 0.4) is 0 Å². The van der Waals surface area contributed by atoms with Gasteiger partial charge in [-0.15, -0.1) is 0 Å². The van der Waals surface area contributed by atoms with Crippen molar-refractivity contribution in [3.05, 3.63) is 0 Å². The standard InChI is InChI=1S/C12H25NO4Si/c1-5-15-18(16-6-2,17-7-3)9-8-12(4)10-13-11-14/h12H,5-10H2,1-4H3. The van der Waals surface area contributed by atoms with Crippen LogP contribution in [0.1, 0.15) is 34.1 Å². The van der Waals surface area contributed by atoms with E-state index in [0.717, 1.165) is 12.5 Å². The second-order valence-electron chi connectivity index (χ2n) is 4.06. The Balaban J connectivity index is 4.40. The van der Waals surface area contributed by atoms with Gasteiger partial charge >= 0.3 is 8.80 Å². The number of isocyanates is 1. The quantitative estimate of drug-likeness (QED) is 0.330. The molecule has 0 saturated heterocycles. The first-order valence-corrected chi connectivity index (χ1v) is 8.52. The van der Waals surface area contributed by atoms with E-state index in [4.69, 9.17) is 13.3 Å². The topological polar surface area (TPSA) is 57.1 Å². The van der Waals surface area contributed by atoms with Gasteiger partial charge in [-0.3, -0.25) is 0 Å². The largest absolute Gasteiger partial charge is 0.500 e. The Bertz CT molecular complexity index is 239. The number of rotatable bonds is 11. The third-order valence-corrected chi connectivity index (χ3v) is 5.59. The molecule has 6 heteroatoms. The number of hydrogen-bond donors (Lipinski definition) is 0. The maximum Gasteiger partial charge on any atom is 0.500 e. The molecular formula is C12H25NO4Si. The highest BCUT2D eigenvalue weighted by Gasteiger charge is 2.40. The van der Waals surface area contributed by atoms with Gasteiger partial charge in [0.15, 0.2) is 0 Å². The summed E-state index contributed by atoms with van der Waals surface area (Å²) in [5.74, 6) is 0.305. The van der Waals surface area contributed by atoms with Crippen molar-refractivity contribution >= 4 is 14.9 Å². The first-order chi connectivity index (χ1) is 8.64. The van der Waals surface area contributed by atoms with Crippen LogP contribution in [-0.2, 0) is 18.1 Å². The zero-order valence-electron chi connectivity index (χ0n) is 11.9. The third-order valence-electron chi connectivity index (χ3n) is 2.50. The van der Waals surface area contributed by atoms with Gasteiger partial charge in [0.2, 0.25) is 6.08 Å². The average Bonchev–Trinajstić information content (AvgIpc) is 2.35. The second kappa shape index (κ2) is 10.4. The Hall–Kier alpha value is -0.523. The summed E-state index contributed by atoms with van der Waals surface area (Å²) in [5, 5.41) is 0. The van der Waals surface area contributed by atoms with Gasteiger partial charge in [0, 0.05) is 25.9 Å². The van der Waals surface area contributed by atoms with Gasteiger partial charge in [0.25, 0.3) is 0 Å². The third kappa shape index (κ3) is 7.03. The minimum atomic E-state index is -2.54. The van der Waals surface area contributed by atoms with Gasteiger partial charge in [-0.1, -0.05) is 6.92 Å². The van der Waals surface area contributed by atoms with Gasteiger partial charge < -0.3 is 13.3 Å². The molecule has 0 rings (SSSR count). The van der Waals surface area contributed by atoms with Crippen molar-refractivity contribution in [2.24, 2.45) is 10.9 Å². The van der Waals surface area contributed by atoms with Crippen LogP contribution in [0.25, 0.3) is 0 Å². The first-order valence-electron chi connectivity index (χ1n) is 6.59. The zero-order chi connectivity index (χ0) is 13.9. The van der Waals surface area contributed by atoms with Crippen molar-refractivity contribution < 1.29 is 18.1 Å². The van der Waals surface area contributed by atoms with Gasteiger partial charge in [0.1, 0.15) is 0 Å². The molecule has 5 nitrogen and oxygen atoms in total. The van der Waals surface area contributed by atoms with Crippen molar-refractivity contribution in [2.75, 3.05) is 26.4 Å². The van der Waals surface area contributed by atoms with Gasteiger partial charge in [-0.2, -0.15) is 0 Å². The molecule has 106 valence electrons. The number of aliphatic imine (C=N–C) groups is 1. The second-order valence-corrected chi connectivity index (χ2v) is 6.79. The molecule has 0 heterocycles. The lowest BCUT2D eigenvalue weighted by Gasteiger charge is -2.29. The fourth-order valence-electron chi connectivity index (χ4n) is 1.71. The Kier molecular flexibility index (Phi) is 10.1. The summed E-state index contributed by atoms with van der Waals surface area (Å²) in [4.78, 5) is 13.7. The molecule has 0 radical (unpaired) electrons. The first kappa shape index (κ1) is 17.5. The summed E-state index contributed by atoms with van der Waals surface area (Å²) in [5.41, 5.74) is 0. The maximum atomic E-state index is 10.1. The molecule has 18 heavy (non-hydrogen) atoms. The number of nitrogens with zero attached hydrogens (tertiary/aromatic N) is 1. The molecule has 0 aromatic heterocycles. The molecule has 0 saturated carbocycles. The number of hydrogen-bond acceptors (Lipinski definition) is 5. The highest BCUT2D eigenvalue weighted by atomic mass is 28.4. The van der Waals surface area contributed by atoms with Crippen LogP contribution in [0.4, 0.5) is 0 Å². The molecule has 1 unspecified atom stereocenters. The number of carbonyl (C=O) groups excluding carboxylic acids is 1. The van der Waals surface area contributed by atoms with Crippen molar-refractivity contribution in [3.63, 3.8) is 0 Å². The summed E-state index contributed by atoms with van der Waals surface area (Å²) >= 11 is 0. The monoisotopic (exact) mass is 275 g/mol. The van der Waals surface area contributed by atoms with E-state index in [9.17, 15) is 4.79 Å². The smallest absolute Gasteiger partial charge is 0.374 e. The predicted molar refractivity (Wildman–Crippen MR) is 72.2 cm³/mol. The molecule has 0 fully saturated rings. The molecule has 0 aliphatic heterocycles. The van der Waals surface area contributed by atoms with E-state index in [1.54, 1.807) is 6.08 Å². The summed E-state index contributed by atoms with van der Waals surface area (Å²) in [7, 11) is -2.54. The van der Waals surface area contributed by atoms with E-state index in [-0.39, 0.29) is 0 Å². The molecule has 0 aliphatic carbocycles. The SMILES string of the molecule is CCO[Si](CCC(C)CN=C=O)(OCC)OCC. The van der Waals surface area contributed by atoms with Crippen LogP contribution in [0.15, 0.2) is 4.99 Å². The summed E-state index contributed by atoms with van der Waals surface area (Å²) in [6.07, 6.45) is 2.44. The Morgan fingerprint density at radius 3 is 2.00 bits per heavy atom. The van der Waals surface area contributed by atoms with E-state index in [0.29, 0.717) is 32.3 Å². The lowest BCUT2D eigenvalue weighted by Crippen LogP contribution is -2.46. The average molecular weight is 275 g/mol. The zero-order valence-corrected chi connectivity index (χ0v) is 12.9. The van der Waals surface area contributed by atoms with Gasteiger partial charge in [-0.05, 0) is 33.1 Å². The fourth-order valence-corrected chi connectivity index (χ4v) is 4.56. The van der Waals surface area contributed by atoms with E-state index in [2.05, 4.69) is 4.99 Å². The van der Waals surface area contributed by atoms with E-state index < -0.39 is 8.80 Å². The molecule has 0 bridgehead atoms. The normalized spacial score (nSPS) is 13.1. The Morgan fingerprint density at radius 2 is 1.61 bits per heavy atom. The Labute approximate surface area is 111 Å².